The Labute approximate surface area is 232 Å². The van der Waals surface area contributed by atoms with Crippen LogP contribution in [0.2, 0.25) is 5.02 Å². The van der Waals surface area contributed by atoms with Crippen LogP contribution in [-0.2, 0) is 20.9 Å². The lowest BCUT2D eigenvalue weighted by Crippen LogP contribution is -2.38. The first-order valence-corrected chi connectivity index (χ1v) is 12.8. The molecule has 2 amide bonds. The minimum atomic E-state index is -0.513. The zero-order valence-corrected chi connectivity index (χ0v) is 23.1. The van der Waals surface area contributed by atoms with E-state index in [1.165, 1.54) is 51.4 Å². The second kappa shape index (κ2) is 15.6. The standard InChI is InChI=1S/C16H18ClFN6O.C10H17NO3/c1-9-5-11(15(19)23-24(2)20)7-14(22-9)16(25)21-8-10-3-4-13(18)12(17)6-10;1-8(12)14-7-10(13)11-9-5-3-2-4-6-9/h3-7H,8,20H2,1-2H3,(H2,19,23)(H,21,25);9H,2-7H2,1H3,(H,11,13). The Balaban J connectivity index is 0.000000322. The van der Waals surface area contributed by atoms with Gasteiger partial charge in [-0.3, -0.25) is 14.4 Å². The number of amides is 2. The quantitative estimate of drug-likeness (QED) is 0.125. The first-order chi connectivity index (χ1) is 18.4. The summed E-state index contributed by atoms with van der Waals surface area (Å²) < 4.78 is 17.7. The summed E-state index contributed by atoms with van der Waals surface area (Å²) in [5.74, 6) is 4.08. The highest BCUT2D eigenvalue weighted by atomic mass is 35.5. The molecule has 1 saturated carbocycles. The van der Waals surface area contributed by atoms with Gasteiger partial charge in [0.25, 0.3) is 11.8 Å². The monoisotopic (exact) mass is 563 g/mol. The number of carbonyl (C=O) groups is 3. The van der Waals surface area contributed by atoms with Crippen molar-refractivity contribution >= 4 is 35.2 Å². The molecule has 1 heterocycles. The van der Waals surface area contributed by atoms with Crippen molar-refractivity contribution in [1.29, 1.82) is 0 Å². The van der Waals surface area contributed by atoms with Crippen LogP contribution in [0, 0.1) is 12.7 Å². The van der Waals surface area contributed by atoms with Crippen molar-refractivity contribution in [3.8, 4) is 0 Å². The van der Waals surface area contributed by atoms with E-state index in [1.54, 1.807) is 19.1 Å². The summed E-state index contributed by atoms with van der Waals surface area (Å²) in [6, 6.07) is 7.73. The van der Waals surface area contributed by atoms with Crippen molar-refractivity contribution in [3.05, 3.63) is 63.7 Å². The topological polar surface area (TPSA) is 165 Å². The number of aryl methyl sites for hydroxylation is 1. The Morgan fingerprint density at radius 2 is 1.90 bits per heavy atom. The molecule has 13 heteroatoms. The van der Waals surface area contributed by atoms with Crippen molar-refractivity contribution in [1.82, 2.24) is 20.7 Å². The van der Waals surface area contributed by atoms with Crippen LogP contribution in [0.5, 0.6) is 0 Å². The molecule has 2 aromatic rings. The predicted octanol–water partition coefficient (Wildman–Crippen LogP) is 2.54. The number of pyridine rings is 1. The summed E-state index contributed by atoms with van der Waals surface area (Å²) in [7, 11) is 1.53. The normalized spacial score (nSPS) is 13.5. The molecule has 1 aliphatic rings. The minimum absolute atomic E-state index is 0.00222. The Morgan fingerprint density at radius 1 is 1.21 bits per heavy atom. The molecule has 6 N–H and O–H groups in total. The number of amidine groups is 1. The largest absolute Gasteiger partial charge is 0.456 e. The lowest BCUT2D eigenvalue weighted by Gasteiger charge is -2.22. The molecule has 212 valence electrons. The first-order valence-electron chi connectivity index (χ1n) is 12.4. The maximum atomic E-state index is 13.2. The average molecular weight is 564 g/mol. The van der Waals surface area contributed by atoms with Crippen LogP contribution in [0.3, 0.4) is 0 Å². The number of rotatable bonds is 8. The van der Waals surface area contributed by atoms with Crippen LogP contribution in [0.15, 0.2) is 35.4 Å². The molecular formula is C26H35ClFN7O4. The fourth-order valence-corrected chi connectivity index (χ4v) is 3.97. The molecule has 0 bridgehead atoms. The molecule has 0 atom stereocenters. The van der Waals surface area contributed by atoms with Gasteiger partial charge in [-0.05, 0) is 49.6 Å². The number of hydrazine groups is 1. The van der Waals surface area contributed by atoms with Gasteiger partial charge in [-0.2, -0.15) is 0 Å². The number of halogens is 2. The van der Waals surface area contributed by atoms with Crippen LogP contribution in [-0.4, -0.2) is 53.4 Å². The zero-order chi connectivity index (χ0) is 28.9. The van der Waals surface area contributed by atoms with E-state index in [9.17, 15) is 18.8 Å². The van der Waals surface area contributed by atoms with Gasteiger partial charge in [0.05, 0.1) is 5.02 Å². The molecule has 39 heavy (non-hydrogen) atoms. The minimum Gasteiger partial charge on any atom is -0.456 e. The summed E-state index contributed by atoms with van der Waals surface area (Å²) in [6.45, 7) is 3.07. The lowest BCUT2D eigenvalue weighted by atomic mass is 9.95. The zero-order valence-electron chi connectivity index (χ0n) is 22.3. The van der Waals surface area contributed by atoms with Gasteiger partial charge < -0.3 is 21.1 Å². The van der Waals surface area contributed by atoms with Crippen LogP contribution >= 0.6 is 11.6 Å². The second-order valence-electron chi connectivity index (χ2n) is 9.06. The molecule has 1 aromatic heterocycles. The molecule has 0 spiro atoms. The molecule has 1 aromatic carbocycles. The number of hydrogen-bond acceptors (Lipinski definition) is 8. The Hall–Kier alpha value is -3.77. The predicted molar refractivity (Wildman–Crippen MR) is 146 cm³/mol. The highest BCUT2D eigenvalue weighted by Crippen LogP contribution is 2.17. The second-order valence-corrected chi connectivity index (χ2v) is 9.46. The molecule has 1 aliphatic carbocycles. The van der Waals surface area contributed by atoms with E-state index in [-0.39, 0.29) is 41.7 Å². The first kappa shape index (κ1) is 31.4. The Kier molecular flexibility index (Phi) is 12.6. The Bertz CT molecular complexity index is 1190. The van der Waals surface area contributed by atoms with E-state index < -0.39 is 17.7 Å². The number of carbonyl (C=O) groups excluding carboxylic acids is 3. The van der Waals surface area contributed by atoms with E-state index in [0.29, 0.717) is 16.8 Å². The van der Waals surface area contributed by atoms with Crippen molar-refractivity contribution < 1.29 is 23.5 Å². The maximum absolute atomic E-state index is 13.2. The lowest BCUT2D eigenvalue weighted by molar-refractivity contribution is -0.146. The van der Waals surface area contributed by atoms with Crippen molar-refractivity contribution in [2.45, 2.75) is 58.5 Å². The van der Waals surface area contributed by atoms with Crippen LogP contribution < -0.4 is 22.2 Å². The van der Waals surface area contributed by atoms with Crippen molar-refractivity contribution in [2.24, 2.45) is 16.7 Å². The number of nitrogens with one attached hydrogen (secondary N) is 2. The highest BCUT2D eigenvalue weighted by Gasteiger charge is 2.16. The Morgan fingerprint density at radius 3 is 2.51 bits per heavy atom. The van der Waals surface area contributed by atoms with Gasteiger partial charge in [-0.25, -0.2) is 20.3 Å². The maximum Gasteiger partial charge on any atom is 0.303 e. The van der Waals surface area contributed by atoms with Gasteiger partial charge in [-0.1, -0.05) is 36.9 Å². The molecule has 3 rings (SSSR count). The number of aromatic nitrogens is 1. The number of nitrogens with two attached hydrogens (primary N) is 2. The smallest absolute Gasteiger partial charge is 0.303 e. The molecule has 11 nitrogen and oxygen atoms in total. The fraction of sp³-hybridized carbons (Fsp3) is 0.423. The van der Waals surface area contributed by atoms with Crippen molar-refractivity contribution in [3.63, 3.8) is 0 Å². The molecule has 1 fully saturated rings. The number of esters is 1. The third-order valence-electron chi connectivity index (χ3n) is 5.56. The number of nitrogens with zero attached hydrogens (tertiary/aromatic N) is 3. The molecule has 0 unspecified atom stereocenters. The summed E-state index contributed by atoms with van der Waals surface area (Å²) in [6.07, 6.45) is 5.71. The van der Waals surface area contributed by atoms with Gasteiger partial charge in [0, 0.05) is 37.8 Å². The SMILES string of the molecule is CC(=O)OCC(=O)NC1CCCCC1.Cc1cc(/C(N)=N/N(C)N)cc(C(=O)NCc2ccc(F)c(Cl)c2)n1. The van der Waals surface area contributed by atoms with Gasteiger partial charge in [0.1, 0.15) is 11.5 Å². The van der Waals surface area contributed by atoms with Gasteiger partial charge >= 0.3 is 5.97 Å². The third-order valence-corrected chi connectivity index (χ3v) is 5.85. The van der Waals surface area contributed by atoms with Crippen molar-refractivity contribution in [2.75, 3.05) is 13.7 Å². The summed E-state index contributed by atoms with van der Waals surface area (Å²) in [5, 5.41) is 10.5. The van der Waals surface area contributed by atoms with Gasteiger partial charge in [0.2, 0.25) is 0 Å². The van der Waals surface area contributed by atoms with Crippen LogP contribution in [0.1, 0.15) is 66.3 Å². The highest BCUT2D eigenvalue weighted by molar-refractivity contribution is 6.30. The van der Waals surface area contributed by atoms with E-state index in [2.05, 4.69) is 25.5 Å². The molecule has 0 radical (unpaired) electrons. The van der Waals surface area contributed by atoms with E-state index in [0.717, 1.165) is 18.0 Å². The van der Waals surface area contributed by atoms with E-state index >= 15 is 0 Å². The molecule has 0 aliphatic heterocycles. The van der Waals surface area contributed by atoms with Crippen LogP contribution in [0.4, 0.5) is 4.39 Å². The number of benzene rings is 1. The fourth-order valence-electron chi connectivity index (χ4n) is 3.77. The van der Waals surface area contributed by atoms with Crippen LogP contribution in [0.25, 0.3) is 0 Å². The number of ether oxygens (including phenoxy) is 1. The van der Waals surface area contributed by atoms with Gasteiger partial charge in [0.15, 0.2) is 12.4 Å². The number of hydrogen-bond donors (Lipinski definition) is 4. The molecule has 0 saturated heterocycles. The average Bonchev–Trinajstić information content (AvgIpc) is 2.88. The van der Waals surface area contributed by atoms with Gasteiger partial charge in [-0.15, -0.1) is 5.10 Å². The third kappa shape index (κ3) is 11.7. The summed E-state index contributed by atoms with van der Waals surface area (Å²) in [4.78, 5) is 38.2. The molecular weight excluding hydrogens is 529 g/mol. The number of hydrazone groups is 1. The van der Waals surface area contributed by atoms with E-state index in [1.807, 2.05) is 0 Å². The summed E-state index contributed by atoms with van der Waals surface area (Å²) >= 11 is 5.72. The van der Waals surface area contributed by atoms with E-state index in [4.69, 9.17) is 23.2 Å². The summed E-state index contributed by atoms with van der Waals surface area (Å²) in [5.41, 5.74) is 7.82.